The summed E-state index contributed by atoms with van der Waals surface area (Å²) < 4.78 is 0. The van der Waals surface area contributed by atoms with E-state index in [0.29, 0.717) is 24.9 Å². The molecule has 1 aromatic rings. The molecule has 7 nitrogen and oxygen atoms in total. The molecule has 0 fully saturated rings. The number of nitrogens with two attached hydrogens (primary N) is 1. The van der Waals surface area contributed by atoms with E-state index < -0.39 is 0 Å². The van der Waals surface area contributed by atoms with Gasteiger partial charge in [-0.05, 0) is 27.2 Å². The van der Waals surface area contributed by atoms with Gasteiger partial charge in [0, 0.05) is 26.7 Å². The molecule has 1 aromatic heterocycles. The molecular weight excluding hydrogens is 244 g/mol. The molecule has 0 aliphatic carbocycles. The van der Waals surface area contributed by atoms with Crippen molar-refractivity contribution in [2.45, 2.75) is 33.3 Å². The number of aliphatic hydroxyl groups excluding tert-OH is 1. The normalized spacial score (nSPS) is 12.3. The average molecular weight is 268 g/mol. The van der Waals surface area contributed by atoms with E-state index >= 15 is 0 Å². The van der Waals surface area contributed by atoms with E-state index in [1.54, 1.807) is 6.92 Å². The SMILES string of the molecule is CCN(CC)c1nc(N)nc(N(C)CCC(C)O)n1. The molecule has 0 saturated heterocycles. The Hall–Kier alpha value is -1.63. The highest BCUT2D eigenvalue weighted by molar-refractivity contribution is 5.42. The lowest BCUT2D eigenvalue weighted by molar-refractivity contribution is 0.186. The van der Waals surface area contributed by atoms with Crippen molar-refractivity contribution >= 4 is 17.8 Å². The molecule has 0 radical (unpaired) electrons. The van der Waals surface area contributed by atoms with Gasteiger partial charge < -0.3 is 20.6 Å². The summed E-state index contributed by atoms with van der Waals surface area (Å²) in [5.74, 6) is 1.35. The third kappa shape index (κ3) is 4.51. The van der Waals surface area contributed by atoms with Crippen molar-refractivity contribution in [3.8, 4) is 0 Å². The van der Waals surface area contributed by atoms with Gasteiger partial charge in [-0.1, -0.05) is 0 Å². The minimum absolute atomic E-state index is 0.218. The minimum atomic E-state index is -0.344. The lowest BCUT2D eigenvalue weighted by Gasteiger charge is -2.22. The van der Waals surface area contributed by atoms with E-state index in [2.05, 4.69) is 15.0 Å². The summed E-state index contributed by atoms with van der Waals surface area (Å²) in [6.45, 7) is 8.14. The first-order valence-corrected chi connectivity index (χ1v) is 6.63. The second-order valence-electron chi connectivity index (χ2n) is 4.53. The Kier molecular flexibility index (Phi) is 5.75. The van der Waals surface area contributed by atoms with Crippen molar-refractivity contribution in [1.29, 1.82) is 0 Å². The summed E-state index contributed by atoms with van der Waals surface area (Å²) >= 11 is 0. The first-order valence-electron chi connectivity index (χ1n) is 6.63. The Balaban J connectivity index is 2.89. The van der Waals surface area contributed by atoms with Crippen LogP contribution in [0.1, 0.15) is 27.2 Å². The lowest BCUT2D eigenvalue weighted by atomic mass is 10.3. The van der Waals surface area contributed by atoms with Gasteiger partial charge in [0.15, 0.2) is 0 Å². The Morgan fingerprint density at radius 1 is 1.16 bits per heavy atom. The molecule has 0 aliphatic heterocycles. The van der Waals surface area contributed by atoms with Crippen LogP contribution in [0.3, 0.4) is 0 Å². The zero-order chi connectivity index (χ0) is 14.4. The maximum Gasteiger partial charge on any atom is 0.231 e. The van der Waals surface area contributed by atoms with Crippen LogP contribution in [0.15, 0.2) is 0 Å². The Morgan fingerprint density at radius 2 is 1.74 bits per heavy atom. The topological polar surface area (TPSA) is 91.4 Å². The van der Waals surface area contributed by atoms with Crippen LogP contribution in [0.4, 0.5) is 17.8 Å². The number of aliphatic hydroxyl groups is 1. The van der Waals surface area contributed by atoms with Crippen LogP contribution in [0.2, 0.25) is 0 Å². The third-order valence-electron chi connectivity index (χ3n) is 2.90. The van der Waals surface area contributed by atoms with Crippen molar-refractivity contribution in [3.05, 3.63) is 0 Å². The summed E-state index contributed by atoms with van der Waals surface area (Å²) in [7, 11) is 1.88. The molecule has 108 valence electrons. The maximum atomic E-state index is 9.31. The summed E-state index contributed by atoms with van der Waals surface area (Å²) in [5, 5.41) is 9.31. The van der Waals surface area contributed by atoms with E-state index in [0.717, 1.165) is 13.1 Å². The second kappa shape index (κ2) is 7.08. The lowest BCUT2D eigenvalue weighted by Crippen LogP contribution is -2.28. The van der Waals surface area contributed by atoms with Crippen LogP contribution in [0.5, 0.6) is 0 Å². The van der Waals surface area contributed by atoms with E-state index in [9.17, 15) is 5.11 Å². The highest BCUT2D eigenvalue weighted by Gasteiger charge is 2.12. The van der Waals surface area contributed by atoms with Gasteiger partial charge in [0.2, 0.25) is 17.8 Å². The predicted molar refractivity (Wildman–Crippen MR) is 77.4 cm³/mol. The first kappa shape index (κ1) is 15.4. The fourth-order valence-corrected chi connectivity index (χ4v) is 1.67. The fourth-order valence-electron chi connectivity index (χ4n) is 1.67. The molecule has 3 N–H and O–H groups in total. The maximum absolute atomic E-state index is 9.31. The van der Waals surface area contributed by atoms with Gasteiger partial charge >= 0.3 is 0 Å². The van der Waals surface area contributed by atoms with Crippen molar-refractivity contribution in [2.24, 2.45) is 0 Å². The Labute approximate surface area is 114 Å². The van der Waals surface area contributed by atoms with Crippen LogP contribution >= 0.6 is 0 Å². The molecule has 0 aromatic carbocycles. The van der Waals surface area contributed by atoms with Gasteiger partial charge in [-0.2, -0.15) is 15.0 Å². The molecule has 0 bridgehead atoms. The largest absolute Gasteiger partial charge is 0.393 e. The van der Waals surface area contributed by atoms with Gasteiger partial charge in [-0.15, -0.1) is 0 Å². The highest BCUT2D eigenvalue weighted by Crippen LogP contribution is 2.14. The van der Waals surface area contributed by atoms with Crippen LogP contribution in [-0.4, -0.2) is 52.8 Å². The van der Waals surface area contributed by atoms with Crippen LogP contribution in [0, 0.1) is 0 Å². The number of hydrogen-bond donors (Lipinski definition) is 2. The van der Waals surface area contributed by atoms with Gasteiger partial charge in [-0.3, -0.25) is 0 Å². The third-order valence-corrected chi connectivity index (χ3v) is 2.90. The number of nitrogens with zero attached hydrogens (tertiary/aromatic N) is 5. The van der Waals surface area contributed by atoms with Gasteiger partial charge in [0.1, 0.15) is 0 Å². The smallest absolute Gasteiger partial charge is 0.231 e. The van der Waals surface area contributed by atoms with E-state index in [4.69, 9.17) is 5.73 Å². The number of rotatable bonds is 7. The standard InChI is InChI=1S/C12H24N6O/c1-5-18(6-2)12-15-10(13)14-11(16-12)17(4)8-7-9(3)19/h9,19H,5-8H2,1-4H3,(H2,13,14,15,16). The molecule has 1 unspecified atom stereocenters. The quantitative estimate of drug-likeness (QED) is 0.744. The molecular formula is C12H24N6O. The molecule has 0 amide bonds. The van der Waals surface area contributed by atoms with E-state index in [1.165, 1.54) is 0 Å². The second-order valence-corrected chi connectivity index (χ2v) is 4.53. The molecule has 1 atom stereocenters. The van der Waals surface area contributed by atoms with Crippen molar-refractivity contribution in [3.63, 3.8) is 0 Å². The van der Waals surface area contributed by atoms with Crippen LogP contribution in [0.25, 0.3) is 0 Å². The number of hydrogen-bond acceptors (Lipinski definition) is 7. The monoisotopic (exact) mass is 268 g/mol. The Morgan fingerprint density at radius 3 is 2.26 bits per heavy atom. The highest BCUT2D eigenvalue weighted by atomic mass is 16.3. The summed E-state index contributed by atoms with van der Waals surface area (Å²) in [4.78, 5) is 16.6. The van der Waals surface area contributed by atoms with Crippen LogP contribution in [-0.2, 0) is 0 Å². The number of aromatic nitrogens is 3. The minimum Gasteiger partial charge on any atom is -0.393 e. The van der Waals surface area contributed by atoms with Gasteiger partial charge in [-0.25, -0.2) is 0 Å². The number of anilines is 3. The molecule has 1 rings (SSSR count). The average Bonchev–Trinajstić information content (AvgIpc) is 2.36. The first-order chi connectivity index (χ1) is 8.97. The van der Waals surface area contributed by atoms with Crippen molar-refractivity contribution in [1.82, 2.24) is 15.0 Å². The molecule has 0 spiro atoms. The van der Waals surface area contributed by atoms with Crippen molar-refractivity contribution < 1.29 is 5.11 Å². The summed E-state index contributed by atoms with van der Waals surface area (Å²) in [6, 6.07) is 0. The molecule has 19 heavy (non-hydrogen) atoms. The number of nitrogen functional groups attached to an aromatic ring is 1. The molecule has 0 saturated carbocycles. The Bertz CT molecular complexity index is 394. The predicted octanol–water partition coefficient (Wildman–Crippen LogP) is 0.507. The molecule has 0 aliphatic rings. The molecule has 1 heterocycles. The molecule has 7 heteroatoms. The van der Waals surface area contributed by atoms with Crippen LogP contribution < -0.4 is 15.5 Å². The van der Waals surface area contributed by atoms with Crippen molar-refractivity contribution in [2.75, 3.05) is 42.2 Å². The zero-order valence-electron chi connectivity index (χ0n) is 12.2. The summed E-state index contributed by atoms with van der Waals surface area (Å²) in [5.41, 5.74) is 5.74. The van der Waals surface area contributed by atoms with E-state index in [-0.39, 0.29) is 12.1 Å². The zero-order valence-corrected chi connectivity index (χ0v) is 12.2. The van der Waals surface area contributed by atoms with E-state index in [1.807, 2.05) is 30.7 Å². The van der Waals surface area contributed by atoms with Gasteiger partial charge in [0.25, 0.3) is 0 Å². The fraction of sp³-hybridized carbons (Fsp3) is 0.750. The van der Waals surface area contributed by atoms with Gasteiger partial charge in [0.05, 0.1) is 6.10 Å². The summed E-state index contributed by atoms with van der Waals surface area (Å²) in [6.07, 6.45) is 0.312.